The molecule has 2 N–H and O–H groups in total. The van der Waals surface area contributed by atoms with Crippen LogP contribution in [0.2, 0.25) is 0 Å². The summed E-state index contributed by atoms with van der Waals surface area (Å²) in [5.74, 6) is -1.02. The Labute approximate surface area is 106 Å². The highest BCUT2D eigenvalue weighted by Crippen LogP contribution is 2.29. The number of amides is 2. The summed E-state index contributed by atoms with van der Waals surface area (Å²) in [6.45, 7) is 5.09. The number of urea groups is 1. The van der Waals surface area contributed by atoms with Gasteiger partial charge in [-0.25, -0.2) is 9.59 Å². The Morgan fingerprint density at radius 2 is 2.06 bits per heavy atom. The van der Waals surface area contributed by atoms with Gasteiger partial charge in [0.25, 0.3) is 0 Å². The molecule has 0 saturated carbocycles. The van der Waals surface area contributed by atoms with Crippen LogP contribution in [0.3, 0.4) is 0 Å². The minimum Gasteiger partial charge on any atom is -0.479 e. The minimum absolute atomic E-state index is 0.0440. The van der Waals surface area contributed by atoms with Crippen molar-refractivity contribution in [3.8, 4) is 0 Å². The quantitative estimate of drug-likeness (QED) is 0.766. The number of rotatable bonds is 2. The van der Waals surface area contributed by atoms with Crippen molar-refractivity contribution in [3.63, 3.8) is 0 Å². The first-order valence-electron chi connectivity index (χ1n) is 6.28. The van der Waals surface area contributed by atoms with Crippen molar-refractivity contribution in [2.24, 2.45) is 0 Å². The summed E-state index contributed by atoms with van der Waals surface area (Å²) in [5, 5.41) is 11.9. The Balaban J connectivity index is 2.08. The molecule has 0 aliphatic carbocycles. The SMILES string of the molecule is CC1(C)CCCN1C(=O)NC1(C(=O)O)CCOC1. The first-order chi connectivity index (χ1) is 8.37. The van der Waals surface area contributed by atoms with Crippen molar-refractivity contribution in [1.82, 2.24) is 10.2 Å². The molecule has 18 heavy (non-hydrogen) atoms. The number of nitrogens with zero attached hydrogens (tertiary/aromatic N) is 1. The minimum atomic E-state index is -1.25. The monoisotopic (exact) mass is 256 g/mol. The molecule has 102 valence electrons. The lowest BCUT2D eigenvalue weighted by Crippen LogP contribution is -2.60. The fourth-order valence-corrected chi connectivity index (χ4v) is 2.64. The molecule has 6 heteroatoms. The number of hydrogen-bond acceptors (Lipinski definition) is 3. The van der Waals surface area contributed by atoms with Crippen molar-refractivity contribution in [3.05, 3.63) is 0 Å². The number of carbonyl (C=O) groups is 2. The molecule has 2 aliphatic heterocycles. The molecule has 1 atom stereocenters. The van der Waals surface area contributed by atoms with Crippen LogP contribution in [0.15, 0.2) is 0 Å². The Bertz CT molecular complexity index is 361. The van der Waals surface area contributed by atoms with E-state index in [1.54, 1.807) is 4.90 Å². The molecule has 6 nitrogen and oxygen atoms in total. The Morgan fingerprint density at radius 1 is 1.33 bits per heavy atom. The predicted molar refractivity (Wildman–Crippen MR) is 64.4 cm³/mol. The summed E-state index contributed by atoms with van der Waals surface area (Å²) in [5.41, 5.74) is -1.46. The largest absolute Gasteiger partial charge is 0.479 e. The second-order valence-electron chi connectivity index (χ2n) is 5.69. The van der Waals surface area contributed by atoms with Gasteiger partial charge in [0.2, 0.25) is 0 Å². The van der Waals surface area contributed by atoms with Crippen LogP contribution in [0.5, 0.6) is 0 Å². The summed E-state index contributed by atoms with van der Waals surface area (Å²) in [6, 6.07) is -0.301. The normalized spacial score (nSPS) is 30.4. The average Bonchev–Trinajstić information content (AvgIpc) is 2.85. The molecule has 1 unspecified atom stereocenters. The van der Waals surface area contributed by atoms with Gasteiger partial charge in [-0.05, 0) is 26.7 Å². The van der Waals surface area contributed by atoms with Gasteiger partial charge in [0.15, 0.2) is 5.54 Å². The fourth-order valence-electron chi connectivity index (χ4n) is 2.64. The van der Waals surface area contributed by atoms with Gasteiger partial charge < -0.3 is 20.1 Å². The van der Waals surface area contributed by atoms with Crippen molar-refractivity contribution in [2.75, 3.05) is 19.8 Å². The lowest BCUT2D eigenvalue weighted by atomic mass is 9.99. The molecule has 2 amide bonds. The van der Waals surface area contributed by atoms with E-state index >= 15 is 0 Å². The second kappa shape index (κ2) is 4.42. The molecule has 2 aliphatic rings. The zero-order valence-electron chi connectivity index (χ0n) is 10.9. The molecule has 0 spiro atoms. The molecule has 0 aromatic rings. The predicted octanol–water partition coefficient (Wildman–Crippen LogP) is 0.814. The highest BCUT2D eigenvalue weighted by molar-refractivity contribution is 5.87. The lowest BCUT2D eigenvalue weighted by Gasteiger charge is -2.34. The van der Waals surface area contributed by atoms with Gasteiger partial charge in [-0.15, -0.1) is 0 Å². The van der Waals surface area contributed by atoms with Crippen LogP contribution in [0.1, 0.15) is 33.1 Å². The van der Waals surface area contributed by atoms with E-state index in [0.29, 0.717) is 19.6 Å². The molecule has 0 aromatic heterocycles. The van der Waals surface area contributed by atoms with Crippen LogP contribution in [0.4, 0.5) is 4.79 Å². The van der Waals surface area contributed by atoms with Crippen LogP contribution in [0, 0.1) is 0 Å². The number of nitrogens with one attached hydrogen (secondary N) is 1. The van der Waals surface area contributed by atoms with Crippen LogP contribution >= 0.6 is 0 Å². The van der Waals surface area contributed by atoms with Gasteiger partial charge >= 0.3 is 12.0 Å². The number of ether oxygens (including phenoxy) is 1. The van der Waals surface area contributed by atoms with E-state index in [0.717, 1.165) is 12.8 Å². The van der Waals surface area contributed by atoms with Crippen LogP contribution in [-0.4, -0.2) is 52.8 Å². The number of carboxylic acids is 1. The average molecular weight is 256 g/mol. The van der Waals surface area contributed by atoms with Crippen LogP contribution in [-0.2, 0) is 9.53 Å². The lowest BCUT2D eigenvalue weighted by molar-refractivity contribution is -0.144. The van der Waals surface area contributed by atoms with Crippen molar-refractivity contribution < 1.29 is 19.4 Å². The first-order valence-corrected chi connectivity index (χ1v) is 6.28. The van der Waals surface area contributed by atoms with Gasteiger partial charge in [-0.2, -0.15) is 0 Å². The van der Waals surface area contributed by atoms with E-state index in [4.69, 9.17) is 4.74 Å². The van der Waals surface area contributed by atoms with Crippen LogP contribution < -0.4 is 5.32 Å². The number of carbonyl (C=O) groups excluding carboxylic acids is 1. The number of aliphatic carboxylic acids is 1. The molecule has 2 saturated heterocycles. The molecule has 2 heterocycles. The van der Waals surface area contributed by atoms with Crippen LogP contribution in [0.25, 0.3) is 0 Å². The summed E-state index contributed by atoms with van der Waals surface area (Å²) in [7, 11) is 0. The molecular formula is C12H20N2O4. The van der Waals surface area contributed by atoms with Gasteiger partial charge in [0, 0.05) is 25.1 Å². The maximum Gasteiger partial charge on any atom is 0.332 e. The first kappa shape index (κ1) is 13.1. The molecule has 0 radical (unpaired) electrons. The summed E-state index contributed by atoms with van der Waals surface area (Å²) in [4.78, 5) is 25.3. The highest BCUT2D eigenvalue weighted by Gasteiger charge is 2.46. The molecule has 0 aromatic carbocycles. The van der Waals surface area contributed by atoms with Gasteiger partial charge in [0.1, 0.15) is 0 Å². The zero-order chi connectivity index (χ0) is 13.4. The van der Waals surface area contributed by atoms with E-state index in [1.165, 1.54) is 0 Å². The third-order valence-electron chi connectivity index (χ3n) is 3.92. The van der Waals surface area contributed by atoms with E-state index in [1.807, 2.05) is 13.8 Å². The maximum absolute atomic E-state index is 12.2. The standard InChI is InChI=1S/C12H20N2O4/c1-11(2)4-3-6-14(11)10(17)13-12(9(15)16)5-7-18-8-12/h3-8H2,1-2H3,(H,13,17)(H,15,16). The van der Waals surface area contributed by atoms with E-state index < -0.39 is 11.5 Å². The van der Waals surface area contributed by atoms with Crippen molar-refractivity contribution in [1.29, 1.82) is 0 Å². The topological polar surface area (TPSA) is 78.9 Å². The summed E-state index contributed by atoms with van der Waals surface area (Å²) in [6.07, 6.45) is 2.22. The zero-order valence-corrected chi connectivity index (χ0v) is 10.9. The highest BCUT2D eigenvalue weighted by atomic mass is 16.5. The van der Waals surface area contributed by atoms with E-state index in [-0.39, 0.29) is 18.2 Å². The molecule has 0 bridgehead atoms. The summed E-state index contributed by atoms with van der Waals surface area (Å²) >= 11 is 0. The third kappa shape index (κ3) is 2.16. The Morgan fingerprint density at radius 3 is 2.50 bits per heavy atom. The number of carboxylic acid groups (broad SMARTS) is 1. The Kier molecular flexibility index (Phi) is 3.23. The Hall–Kier alpha value is -1.30. The number of likely N-dealkylation sites (tertiary alicyclic amines) is 1. The molecular weight excluding hydrogens is 236 g/mol. The second-order valence-corrected chi connectivity index (χ2v) is 5.69. The van der Waals surface area contributed by atoms with E-state index in [2.05, 4.69) is 5.32 Å². The third-order valence-corrected chi connectivity index (χ3v) is 3.92. The van der Waals surface area contributed by atoms with Crippen molar-refractivity contribution in [2.45, 2.75) is 44.2 Å². The van der Waals surface area contributed by atoms with E-state index in [9.17, 15) is 14.7 Å². The molecule has 2 rings (SSSR count). The fraction of sp³-hybridized carbons (Fsp3) is 0.833. The number of hydrogen-bond donors (Lipinski definition) is 2. The maximum atomic E-state index is 12.2. The molecule has 2 fully saturated rings. The summed E-state index contributed by atoms with van der Waals surface area (Å²) < 4.78 is 5.12. The van der Waals surface area contributed by atoms with Crippen molar-refractivity contribution >= 4 is 12.0 Å². The van der Waals surface area contributed by atoms with Gasteiger partial charge in [0.05, 0.1) is 6.61 Å². The smallest absolute Gasteiger partial charge is 0.332 e. The van der Waals surface area contributed by atoms with Gasteiger partial charge in [-0.3, -0.25) is 0 Å². The van der Waals surface area contributed by atoms with Gasteiger partial charge in [-0.1, -0.05) is 0 Å².